The number of nitrogens with one attached hydrogen (secondary N) is 2. The van der Waals surface area contributed by atoms with Gasteiger partial charge in [-0.15, -0.1) is 0 Å². The summed E-state index contributed by atoms with van der Waals surface area (Å²) < 4.78 is 5.06. The number of benzene rings is 1. The number of likely N-dealkylation sites (tertiary alicyclic amines) is 1. The molecule has 8 heteroatoms. The molecule has 156 valence electrons. The van der Waals surface area contributed by atoms with Crippen molar-refractivity contribution in [1.29, 1.82) is 0 Å². The molecule has 1 aromatic heterocycles. The van der Waals surface area contributed by atoms with Gasteiger partial charge in [-0.25, -0.2) is 0 Å². The van der Waals surface area contributed by atoms with Gasteiger partial charge in [-0.3, -0.25) is 24.1 Å². The molecule has 2 aromatic rings. The summed E-state index contributed by atoms with van der Waals surface area (Å²) in [5, 5.41) is 5.42. The van der Waals surface area contributed by atoms with E-state index in [0.29, 0.717) is 24.2 Å². The van der Waals surface area contributed by atoms with Crippen molar-refractivity contribution < 1.29 is 23.6 Å². The summed E-state index contributed by atoms with van der Waals surface area (Å²) in [5.74, 6) is -1.76. The van der Waals surface area contributed by atoms with E-state index in [1.54, 1.807) is 43.3 Å². The summed E-state index contributed by atoms with van der Waals surface area (Å²) in [6.45, 7) is 1.56. The number of amides is 4. The van der Waals surface area contributed by atoms with Crippen molar-refractivity contribution >= 4 is 35.0 Å². The van der Waals surface area contributed by atoms with Crippen LogP contribution in [-0.4, -0.2) is 34.6 Å². The lowest BCUT2D eigenvalue weighted by atomic mass is 9.81. The maximum absolute atomic E-state index is 12.8. The van der Waals surface area contributed by atoms with E-state index in [1.807, 2.05) is 0 Å². The summed E-state index contributed by atoms with van der Waals surface area (Å²) >= 11 is 0. The van der Waals surface area contributed by atoms with Crippen LogP contribution in [0.5, 0.6) is 0 Å². The molecule has 0 spiro atoms. The van der Waals surface area contributed by atoms with Crippen molar-refractivity contribution in [1.82, 2.24) is 4.90 Å². The molecule has 2 N–H and O–H groups in total. The van der Waals surface area contributed by atoms with Gasteiger partial charge >= 0.3 is 0 Å². The van der Waals surface area contributed by atoms with Gasteiger partial charge in [-0.1, -0.05) is 18.9 Å². The average molecular weight is 409 g/mol. The lowest BCUT2D eigenvalue weighted by Crippen LogP contribution is -2.46. The zero-order chi connectivity index (χ0) is 21.3. The number of nitrogens with zero attached hydrogens (tertiary/aromatic N) is 1. The first-order valence-electron chi connectivity index (χ1n) is 10.1. The van der Waals surface area contributed by atoms with Gasteiger partial charge in [0.1, 0.15) is 6.04 Å². The lowest BCUT2D eigenvalue weighted by Gasteiger charge is -2.22. The molecule has 8 nitrogen and oxygen atoms in total. The average Bonchev–Trinajstić information content (AvgIpc) is 3.36. The van der Waals surface area contributed by atoms with Gasteiger partial charge in [-0.05, 0) is 50.1 Å². The quantitative estimate of drug-likeness (QED) is 0.738. The number of hydrogen-bond acceptors (Lipinski definition) is 5. The van der Waals surface area contributed by atoms with Gasteiger partial charge in [0.2, 0.25) is 17.7 Å². The van der Waals surface area contributed by atoms with Gasteiger partial charge in [-0.2, -0.15) is 0 Å². The zero-order valence-corrected chi connectivity index (χ0v) is 16.6. The van der Waals surface area contributed by atoms with Crippen LogP contribution in [0.2, 0.25) is 0 Å². The Bertz CT molecular complexity index is 960. The van der Waals surface area contributed by atoms with Crippen molar-refractivity contribution in [2.45, 2.75) is 38.6 Å². The maximum atomic E-state index is 12.8. The highest BCUT2D eigenvalue weighted by Gasteiger charge is 2.50. The largest absolute Gasteiger partial charge is 0.459 e. The first kappa shape index (κ1) is 19.9. The molecule has 0 unspecified atom stereocenters. The molecule has 2 aliphatic rings. The van der Waals surface area contributed by atoms with E-state index in [4.69, 9.17) is 4.42 Å². The first-order chi connectivity index (χ1) is 14.5. The van der Waals surface area contributed by atoms with Crippen LogP contribution in [0, 0.1) is 11.8 Å². The predicted molar refractivity (Wildman–Crippen MR) is 108 cm³/mol. The molecule has 1 aliphatic carbocycles. The molecule has 30 heavy (non-hydrogen) atoms. The zero-order valence-electron chi connectivity index (χ0n) is 16.6. The molecule has 0 bridgehead atoms. The Morgan fingerprint density at radius 2 is 1.63 bits per heavy atom. The fourth-order valence-electron chi connectivity index (χ4n) is 4.21. The van der Waals surface area contributed by atoms with Crippen LogP contribution in [0.25, 0.3) is 0 Å². The number of imide groups is 1. The molecule has 0 radical (unpaired) electrons. The second-order valence-electron chi connectivity index (χ2n) is 7.72. The van der Waals surface area contributed by atoms with Crippen LogP contribution in [0.3, 0.4) is 0 Å². The molecule has 2 fully saturated rings. The van der Waals surface area contributed by atoms with Gasteiger partial charge in [0.25, 0.3) is 5.91 Å². The van der Waals surface area contributed by atoms with E-state index >= 15 is 0 Å². The number of hydrogen-bond donors (Lipinski definition) is 2. The Morgan fingerprint density at radius 1 is 1.00 bits per heavy atom. The molecule has 3 atom stereocenters. The normalized spacial score (nSPS) is 21.8. The monoisotopic (exact) mass is 409 g/mol. The van der Waals surface area contributed by atoms with E-state index in [0.717, 1.165) is 17.7 Å². The van der Waals surface area contributed by atoms with Crippen LogP contribution in [0.1, 0.15) is 43.2 Å². The van der Waals surface area contributed by atoms with E-state index < -0.39 is 17.9 Å². The standard InChI is InChI=1S/C22H23N3O5/c1-13(25-21(28)16-8-2-3-9-17(16)22(25)29)19(26)23-14-6-4-7-15(12-14)24-20(27)18-10-5-11-30-18/h4-7,10-13,16-17H,2-3,8-9H2,1H3,(H,23,26)(H,24,27)/t13-,16+,17+/m1/s1. The Hall–Kier alpha value is -3.42. The third-order valence-corrected chi connectivity index (χ3v) is 5.77. The summed E-state index contributed by atoms with van der Waals surface area (Å²) in [6, 6.07) is 8.88. The van der Waals surface area contributed by atoms with Crippen LogP contribution in [0.4, 0.5) is 11.4 Å². The number of furan rings is 1. The minimum atomic E-state index is -0.906. The number of rotatable bonds is 5. The maximum Gasteiger partial charge on any atom is 0.291 e. The molecule has 1 aliphatic heterocycles. The van der Waals surface area contributed by atoms with Crippen molar-refractivity contribution in [3.05, 3.63) is 48.4 Å². The summed E-state index contributed by atoms with van der Waals surface area (Å²) in [5.41, 5.74) is 0.918. The first-order valence-corrected chi connectivity index (χ1v) is 10.1. The highest BCUT2D eigenvalue weighted by Crippen LogP contribution is 2.38. The smallest absolute Gasteiger partial charge is 0.291 e. The fraction of sp³-hybridized carbons (Fsp3) is 0.364. The Kier molecular flexibility index (Phi) is 5.39. The van der Waals surface area contributed by atoms with Crippen LogP contribution in [0.15, 0.2) is 47.1 Å². The Labute approximate surface area is 173 Å². The predicted octanol–water partition coefficient (Wildman–Crippen LogP) is 3.03. The van der Waals surface area contributed by atoms with E-state index in [2.05, 4.69) is 10.6 Å². The van der Waals surface area contributed by atoms with E-state index in [-0.39, 0.29) is 29.4 Å². The van der Waals surface area contributed by atoms with Gasteiger partial charge < -0.3 is 15.1 Å². The molecule has 1 saturated heterocycles. The summed E-state index contributed by atoms with van der Waals surface area (Å²) in [7, 11) is 0. The van der Waals surface area contributed by atoms with Crippen molar-refractivity contribution in [2.75, 3.05) is 10.6 Å². The highest BCUT2D eigenvalue weighted by molar-refractivity contribution is 6.10. The van der Waals surface area contributed by atoms with Gasteiger partial charge in [0, 0.05) is 11.4 Å². The number of fused-ring (bicyclic) bond motifs is 1. The van der Waals surface area contributed by atoms with Gasteiger partial charge in [0.15, 0.2) is 5.76 Å². The van der Waals surface area contributed by atoms with Crippen molar-refractivity contribution in [3.8, 4) is 0 Å². The Morgan fingerprint density at radius 3 is 2.23 bits per heavy atom. The third kappa shape index (κ3) is 3.72. The second-order valence-corrected chi connectivity index (χ2v) is 7.72. The van der Waals surface area contributed by atoms with Crippen molar-refractivity contribution in [3.63, 3.8) is 0 Å². The molecular weight excluding hydrogens is 386 g/mol. The van der Waals surface area contributed by atoms with Gasteiger partial charge in [0.05, 0.1) is 18.1 Å². The number of carbonyl (C=O) groups is 4. The molecule has 1 aromatic carbocycles. The SMILES string of the molecule is C[C@H](C(=O)Nc1cccc(NC(=O)c2ccco2)c1)N1C(=O)[C@H]2CCCC[C@@H]2C1=O. The fourth-order valence-corrected chi connectivity index (χ4v) is 4.21. The minimum Gasteiger partial charge on any atom is -0.459 e. The molecular formula is C22H23N3O5. The number of anilines is 2. The molecule has 1 saturated carbocycles. The van der Waals surface area contributed by atoms with Crippen LogP contribution < -0.4 is 10.6 Å². The molecule has 4 amide bonds. The highest BCUT2D eigenvalue weighted by atomic mass is 16.3. The second kappa shape index (κ2) is 8.14. The molecule has 4 rings (SSSR count). The summed E-state index contributed by atoms with van der Waals surface area (Å²) in [6.07, 6.45) is 4.69. The third-order valence-electron chi connectivity index (χ3n) is 5.77. The summed E-state index contributed by atoms with van der Waals surface area (Å²) in [4.78, 5) is 51.4. The van der Waals surface area contributed by atoms with E-state index in [9.17, 15) is 19.2 Å². The Balaban J connectivity index is 1.43. The van der Waals surface area contributed by atoms with Crippen LogP contribution >= 0.6 is 0 Å². The van der Waals surface area contributed by atoms with Crippen LogP contribution in [-0.2, 0) is 14.4 Å². The number of carbonyl (C=O) groups excluding carboxylic acids is 4. The molecule has 2 heterocycles. The topological polar surface area (TPSA) is 109 Å². The minimum absolute atomic E-state index is 0.172. The van der Waals surface area contributed by atoms with E-state index in [1.165, 1.54) is 6.26 Å². The lowest BCUT2D eigenvalue weighted by molar-refractivity contribution is -0.146. The van der Waals surface area contributed by atoms with Crippen molar-refractivity contribution in [2.24, 2.45) is 11.8 Å².